The number of thiazole rings is 1. The predicted octanol–water partition coefficient (Wildman–Crippen LogP) is 2.88. The van der Waals surface area contributed by atoms with Gasteiger partial charge in [0.25, 0.3) is 0 Å². The van der Waals surface area contributed by atoms with Crippen molar-refractivity contribution in [2.45, 2.75) is 50.7 Å². The molecule has 3 atom stereocenters. The van der Waals surface area contributed by atoms with Crippen LogP contribution >= 0.6 is 11.3 Å². The average molecular weight is 345 g/mol. The number of ether oxygens (including phenoxy) is 2. The first kappa shape index (κ1) is 16.1. The topological polar surface area (TPSA) is 47.5 Å². The van der Waals surface area contributed by atoms with E-state index in [4.69, 9.17) is 9.47 Å². The molecule has 0 aliphatic carbocycles. The lowest BCUT2D eigenvalue weighted by molar-refractivity contribution is -0.102. The monoisotopic (exact) mass is 345 g/mol. The lowest BCUT2D eigenvalue weighted by atomic mass is 9.99. The highest BCUT2D eigenvalue weighted by Crippen LogP contribution is 2.32. The maximum atomic E-state index is 6.29. The second-order valence-electron chi connectivity index (χ2n) is 6.46. The molecular weight excluding hydrogens is 322 g/mol. The first-order chi connectivity index (χ1) is 11.9. The zero-order valence-corrected chi connectivity index (χ0v) is 14.5. The molecule has 5 nitrogen and oxygen atoms in total. The van der Waals surface area contributed by atoms with Crippen molar-refractivity contribution in [3.8, 4) is 0 Å². The standard InChI is InChI=1S/C18H23N3O2S/c1-2-7-19-14(3-1)12-22-13-15-4-5-16-17(23-15)6-9-21(16)11-18-20-8-10-24-18/h1-3,7-8,10,15-17H,4-6,9,11-13H2/t15-,16+,17+/m0/s1. The van der Waals surface area contributed by atoms with Crippen molar-refractivity contribution >= 4 is 11.3 Å². The number of hydrogen-bond acceptors (Lipinski definition) is 6. The molecule has 0 unspecified atom stereocenters. The highest BCUT2D eigenvalue weighted by molar-refractivity contribution is 7.09. The number of hydrogen-bond donors (Lipinski definition) is 0. The van der Waals surface area contributed by atoms with E-state index in [1.54, 1.807) is 17.5 Å². The summed E-state index contributed by atoms with van der Waals surface area (Å²) in [7, 11) is 0. The summed E-state index contributed by atoms with van der Waals surface area (Å²) >= 11 is 1.74. The number of aromatic nitrogens is 2. The minimum absolute atomic E-state index is 0.217. The van der Waals surface area contributed by atoms with Gasteiger partial charge in [0.15, 0.2) is 0 Å². The lowest BCUT2D eigenvalue weighted by Gasteiger charge is -2.35. The van der Waals surface area contributed by atoms with Crippen LogP contribution in [0.5, 0.6) is 0 Å². The van der Waals surface area contributed by atoms with E-state index in [1.165, 1.54) is 11.4 Å². The number of fused-ring (bicyclic) bond motifs is 1. The van der Waals surface area contributed by atoms with Crippen LogP contribution in [-0.2, 0) is 22.6 Å². The Morgan fingerprint density at radius 2 is 2.21 bits per heavy atom. The molecule has 2 aliphatic rings. The summed E-state index contributed by atoms with van der Waals surface area (Å²) in [4.78, 5) is 11.2. The van der Waals surface area contributed by atoms with Gasteiger partial charge in [-0.1, -0.05) is 6.07 Å². The van der Waals surface area contributed by atoms with Crippen molar-refractivity contribution < 1.29 is 9.47 Å². The molecule has 2 fully saturated rings. The summed E-state index contributed by atoms with van der Waals surface area (Å²) in [6, 6.07) is 6.44. The van der Waals surface area contributed by atoms with Gasteiger partial charge in [0.05, 0.1) is 37.7 Å². The van der Waals surface area contributed by atoms with E-state index in [0.29, 0.717) is 25.4 Å². The van der Waals surface area contributed by atoms with E-state index in [0.717, 1.165) is 31.6 Å². The third-order valence-corrected chi connectivity index (χ3v) is 5.62. The van der Waals surface area contributed by atoms with Crippen molar-refractivity contribution in [3.05, 3.63) is 46.7 Å². The number of nitrogens with zero attached hydrogens (tertiary/aromatic N) is 3. The Labute approximate surface area is 146 Å². The number of rotatable bonds is 6. The molecule has 4 heterocycles. The molecule has 2 saturated heterocycles. The van der Waals surface area contributed by atoms with Crippen LogP contribution in [0.4, 0.5) is 0 Å². The summed E-state index contributed by atoms with van der Waals surface area (Å²) in [5.41, 5.74) is 0.974. The van der Waals surface area contributed by atoms with Crippen LogP contribution in [0.15, 0.2) is 36.0 Å². The third-order valence-electron chi connectivity index (χ3n) is 4.85. The fourth-order valence-corrected chi connectivity index (χ4v) is 4.33. The van der Waals surface area contributed by atoms with Crippen molar-refractivity contribution in [2.24, 2.45) is 0 Å². The van der Waals surface area contributed by atoms with Crippen LogP contribution < -0.4 is 0 Å². The van der Waals surface area contributed by atoms with Crippen LogP contribution in [0.3, 0.4) is 0 Å². The summed E-state index contributed by atoms with van der Waals surface area (Å²) in [5, 5.41) is 3.26. The Kier molecular flexibility index (Phi) is 5.18. The number of pyridine rings is 1. The molecule has 0 amide bonds. The summed E-state index contributed by atoms with van der Waals surface area (Å²) in [6.45, 7) is 3.29. The fourth-order valence-electron chi connectivity index (χ4n) is 3.69. The van der Waals surface area contributed by atoms with Crippen LogP contribution in [0.25, 0.3) is 0 Å². The SMILES string of the molecule is c1ccc(COC[C@@H]2CC[C@@H]3[C@@H](CCN3Cc3nccs3)O2)nc1. The second kappa shape index (κ2) is 7.70. The Hall–Kier alpha value is -1.34. The van der Waals surface area contributed by atoms with Crippen LogP contribution in [-0.4, -0.2) is 46.3 Å². The van der Waals surface area contributed by atoms with Crippen LogP contribution in [0.1, 0.15) is 30.0 Å². The highest BCUT2D eigenvalue weighted by Gasteiger charge is 2.39. The molecule has 0 bridgehead atoms. The molecule has 0 saturated carbocycles. The molecule has 2 aliphatic heterocycles. The van der Waals surface area contributed by atoms with Crippen LogP contribution in [0, 0.1) is 0 Å². The zero-order chi connectivity index (χ0) is 16.2. The zero-order valence-electron chi connectivity index (χ0n) is 13.7. The Bertz CT molecular complexity index is 622. The van der Waals surface area contributed by atoms with Gasteiger partial charge in [-0.05, 0) is 31.4 Å². The molecule has 2 aromatic heterocycles. The molecular formula is C18H23N3O2S. The van der Waals surface area contributed by atoms with Crippen LogP contribution in [0.2, 0.25) is 0 Å². The lowest BCUT2D eigenvalue weighted by Crippen LogP contribution is -2.43. The summed E-state index contributed by atoms with van der Waals surface area (Å²) < 4.78 is 12.1. The van der Waals surface area contributed by atoms with Gasteiger partial charge >= 0.3 is 0 Å². The summed E-state index contributed by atoms with van der Waals surface area (Å²) in [6.07, 6.45) is 7.63. The second-order valence-corrected chi connectivity index (χ2v) is 7.44. The van der Waals surface area contributed by atoms with E-state index < -0.39 is 0 Å². The van der Waals surface area contributed by atoms with E-state index in [-0.39, 0.29) is 6.10 Å². The van der Waals surface area contributed by atoms with Gasteiger partial charge in [0.2, 0.25) is 0 Å². The Morgan fingerprint density at radius 3 is 3.04 bits per heavy atom. The summed E-state index contributed by atoms with van der Waals surface area (Å²) in [5.74, 6) is 0. The smallest absolute Gasteiger partial charge is 0.107 e. The first-order valence-electron chi connectivity index (χ1n) is 8.64. The van der Waals surface area contributed by atoms with Gasteiger partial charge in [0, 0.05) is 30.4 Å². The van der Waals surface area contributed by atoms with Crippen molar-refractivity contribution in [1.82, 2.24) is 14.9 Å². The minimum Gasteiger partial charge on any atom is -0.372 e. The quantitative estimate of drug-likeness (QED) is 0.806. The molecule has 6 heteroatoms. The van der Waals surface area contributed by atoms with Crippen molar-refractivity contribution in [1.29, 1.82) is 0 Å². The van der Waals surface area contributed by atoms with E-state index in [9.17, 15) is 0 Å². The Morgan fingerprint density at radius 1 is 1.21 bits per heavy atom. The molecule has 128 valence electrons. The molecule has 0 radical (unpaired) electrons. The third kappa shape index (κ3) is 3.83. The van der Waals surface area contributed by atoms with Crippen molar-refractivity contribution in [2.75, 3.05) is 13.2 Å². The minimum atomic E-state index is 0.217. The predicted molar refractivity (Wildman–Crippen MR) is 92.7 cm³/mol. The van der Waals surface area contributed by atoms with E-state index in [2.05, 4.69) is 20.2 Å². The fraction of sp³-hybridized carbons (Fsp3) is 0.556. The maximum Gasteiger partial charge on any atom is 0.107 e. The molecule has 4 rings (SSSR count). The number of likely N-dealkylation sites (tertiary alicyclic amines) is 1. The van der Waals surface area contributed by atoms with Crippen molar-refractivity contribution in [3.63, 3.8) is 0 Å². The van der Waals surface area contributed by atoms with Gasteiger partial charge in [-0.3, -0.25) is 9.88 Å². The van der Waals surface area contributed by atoms with Gasteiger partial charge in [-0.2, -0.15) is 0 Å². The van der Waals surface area contributed by atoms with E-state index >= 15 is 0 Å². The average Bonchev–Trinajstić information content (AvgIpc) is 3.26. The molecule has 0 aromatic carbocycles. The van der Waals surface area contributed by atoms with E-state index in [1.807, 2.05) is 24.4 Å². The normalized spacial score (nSPS) is 27.2. The molecule has 24 heavy (non-hydrogen) atoms. The molecule has 0 N–H and O–H groups in total. The van der Waals surface area contributed by atoms with Gasteiger partial charge < -0.3 is 9.47 Å². The highest BCUT2D eigenvalue weighted by atomic mass is 32.1. The van der Waals surface area contributed by atoms with Gasteiger partial charge in [-0.15, -0.1) is 11.3 Å². The first-order valence-corrected chi connectivity index (χ1v) is 9.52. The largest absolute Gasteiger partial charge is 0.372 e. The Balaban J connectivity index is 1.23. The van der Waals surface area contributed by atoms with Gasteiger partial charge in [0.1, 0.15) is 5.01 Å². The molecule has 0 spiro atoms. The maximum absolute atomic E-state index is 6.29. The molecule has 2 aromatic rings. The van der Waals surface area contributed by atoms with Gasteiger partial charge in [-0.25, -0.2) is 4.98 Å².